The summed E-state index contributed by atoms with van der Waals surface area (Å²) < 4.78 is 6.14. The topological polar surface area (TPSA) is 105 Å². The molecule has 3 aromatic rings. The van der Waals surface area contributed by atoms with E-state index in [1.165, 1.54) is 18.2 Å². The molecule has 0 bridgehead atoms. The van der Waals surface area contributed by atoms with Gasteiger partial charge in [-0.15, -0.1) is 0 Å². The Bertz CT molecular complexity index is 1470. The second-order valence-electron chi connectivity index (χ2n) is 8.28. The molecule has 2 N–H and O–H groups in total. The van der Waals surface area contributed by atoms with Crippen LogP contribution in [0.25, 0.3) is 6.08 Å². The first-order chi connectivity index (χ1) is 17.6. The van der Waals surface area contributed by atoms with Gasteiger partial charge in [-0.05, 0) is 83.4 Å². The Hall–Kier alpha value is -3.95. The zero-order chi connectivity index (χ0) is 26.7. The lowest BCUT2D eigenvalue weighted by Gasteiger charge is -2.26. The lowest BCUT2D eigenvalue weighted by Crippen LogP contribution is -2.54. The molecule has 0 unspecified atom stereocenters. The molecular weight excluding hydrogens is 562 g/mol. The van der Waals surface area contributed by atoms with Crippen LogP contribution in [0.1, 0.15) is 16.7 Å². The lowest BCUT2D eigenvalue weighted by molar-refractivity contribution is -0.122. The van der Waals surface area contributed by atoms with E-state index in [0.717, 1.165) is 16.0 Å². The van der Waals surface area contributed by atoms with Crippen LogP contribution < -0.4 is 20.3 Å². The summed E-state index contributed by atoms with van der Waals surface area (Å²) in [6.07, 6.45) is 1.36. The minimum absolute atomic E-state index is 0.218. The van der Waals surface area contributed by atoms with Crippen LogP contribution in [0.4, 0.5) is 16.2 Å². The molecule has 0 radical (unpaired) electrons. The fourth-order valence-electron chi connectivity index (χ4n) is 3.68. The Balaban J connectivity index is 1.47. The second kappa shape index (κ2) is 11.0. The van der Waals surface area contributed by atoms with Crippen LogP contribution in [0.2, 0.25) is 5.02 Å². The summed E-state index contributed by atoms with van der Waals surface area (Å²) in [5.41, 5.74) is 3.26. The van der Waals surface area contributed by atoms with Crippen molar-refractivity contribution in [3.8, 4) is 5.75 Å². The first-order valence-corrected chi connectivity index (χ1v) is 12.3. The average molecular weight is 583 g/mol. The number of imide groups is 2. The van der Waals surface area contributed by atoms with Crippen molar-refractivity contribution in [2.24, 2.45) is 0 Å². The van der Waals surface area contributed by atoms with Crippen LogP contribution >= 0.6 is 27.5 Å². The van der Waals surface area contributed by atoms with Crippen LogP contribution in [0.15, 0.2) is 70.7 Å². The second-order valence-corrected chi connectivity index (χ2v) is 9.57. The third kappa shape index (κ3) is 6.07. The third-order valence-corrected chi connectivity index (χ3v) is 6.30. The van der Waals surface area contributed by atoms with Gasteiger partial charge in [-0.3, -0.25) is 19.7 Å². The van der Waals surface area contributed by atoms with E-state index in [0.29, 0.717) is 26.5 Å². The molecule has 10 heteroatoms. The van der Waals surface area contributed by atoms with Crippen LogP contribution in [0.3, 0.4) is 0 Å². The summed E-state index contributed by atoms with van der Waals surface area (Å²) in [6, 6.07) is 15.9. The minimum Gasteiger partial charge on any atom is -0.483 e. The fourth-order valence-corrected chi connectivity index (χ4v) is 4.38. The van der Waals surface area contributed by atoms with E-state index in [-0.39, 0.29) is 23.8 Å². The van der Waals surface area contributed by atoms with E-state index in [4.69, 9.17) is 16.3 Å². The molecule has 188 valence electrons. The third-order valence-electron chi connectivity index (χ3n) is 5.45. The number of carbonyl (C=O) groups excluding carboxylic acids is 4. The predicted octanol–water partition coefficient (Wildman–Crippen LogP) is 5.40. The number of ether oxygens (including phenoxy) is 1. The predicted molar refractivity (Wildman–Crippen MR) is 145 cm³/mol. The quantitative estimate of drug-likeness (QED) is 0.299. The first-order valence-electron chi connectivity index (χ1n) is 11.1. The summed E-state index contributed by atoms with van der Waals surface area (Å²) in [5.74, 6) is -1.52. The molecule has 0 saturated carbocycles. The molecule has 0 aliphatic carbocycles. The molecule has 1 fully saturated rings. The molecule has 0 aromatic heterocycles. The van der Waals surface area contributed by atoms with Crippen LogP contribution in [-0.2, 0) is 14.4 Å². The molecule has 8 nitrogen and oxygen atoms in total. The average Bonchev–Trinajstić information content (AvgIpc) is 2.83. The molecule has 1 heterocycles. The van der Waals surface area contributed by atoms with E-state index < -0.39 is 17.8 Å². The van der Waals surface area contributed by atoms with Crippen molar-refractivity contribution in [2.75, 3.05) is 16.8 Å². The van der Waals surface area contributed by atoms with Crippen molar-refractivity contribution in [1.29, 1.82) is 0 Å². The minimum atomic E-state index is -0.863. The maximum absolute atomic E-state index is 13.0. The number of nitrogens with one attached hydrogen (secondary N) is 2. The number of halogens is 2. The Labute approximate surface area is 226 Å². The molecule has 37 heavy (non-hydrogen) atoms. The number of hydrogen-bond acceptors (Lipinski definition) is 5. The van der Waals surface area contributed by atoms with Gasteiger partial charge >= 0.3 is 6.03 Å². The molecule has 3 aromatic carbocycles. The number of barbiturate groups is 1. The highest BCUT2D eigenvalue weighted by molar-refractivity contribution is 9.10. The van der Waals surface area contributed by atoms with Gasteiger partial charge in [0.1, 0.15) is 11.3 Å². The van der Waals surface area contributed by atoms with Crippen molar-refractivity contribution in [2.45, 2.75) is 13.8 Å². The van der Waals surface area contributed by atoms with Gasteiger partial charge in [0, 0.05) is 10.7 Å². The highest BCUT2D eigenvalue weighted by Crippen LogP contribution is 2.29. The number of benzene rings is 3. The lowest BCUT2D eigenvalue weighted by atomic mass is 10.1. The number of nitrogens with zero attached hydrogens (tertiary/aromatic N) is 1. The highest BCUT2D eigenvalue weighted by Gasteiger charge is 2.36. The number of rotatable bonds is 6. The van der Waals surface area contributed by atoms with Gasteiger partial charge < -0.3 is 10.1 Å². The largest absolute Gasteiger partial charge is 0.483 e. The summed E-state index contributed by atoms with van der Waals surface area (Å²) in [4.78, 5) is 51.0. The summed E-state index contributed by atoms with van der Waals surface area (Å²) in [6.45, 7) is 3.67. The number of hydrogen-bond donors (Lipinski definition) is 2. The Morgan fingerprint density at radius 3 is 2.57 bits per heavy atom. The van der Waals surface area contributed by atoms with E-state index >= 15 is 0 Å². The standard InChI is InChI=1S/C27H21BrClN3O5/c1-15-6-8-22(16(2)10-15)30-24(33)14-37-23-9-7-17(12-21(23)28)11-20-25(34)31-27(36)32(26(20)35)19-5-3-4-18(29)13-19/h3-13H,14H2,1-2H3,(H,30,33)(H,31,34,36)/b20-11+. The molecular formula is C27H21BrClN3O5. The molecule has 1 aliphatic heterocycles. The molecule has 0 atom stereocenters. The van der Waals surface area contributed by atoms with Gasteiger partial charge in [-0.2, -0.15) is 0 Å². The summed E-state index contributed by atoms with van der Waals surface area (Å²) in [7, 11) is 0. The zero-order valence-electron chi connectivity index (χ0n) is 19.8. The smallest absolute Gasteiger partial charge is 0.335 e. The van der Waals surface area contributed by atoms with Crippen molar-refractivity contribution in [3.63, 3.8) is 0 Å². The van der Waals surface area contributed by atoms with Gasteiger partial charge in [-0.25, -0.2) is 9.69 Å². The maximum atomic E-state index is 13.0. The van der Waals surface area contributed by atoms with E-state index in [2.05, 4.69) is 26.6 Å². The Morgan fingerprint density at radius 2 is 1.86 bits per heavy atom. The van der Waals surface area contributed by atoms with Crippen LogP contribution in [0.5, 0.6) is 5.75 Å². The zero-order valence-corrected chi connectivity index (χ0v) is 22.1. The van der Waals surface area contributed by atoms with Gasteiger partial charge in [0.25, 0.3) is 17.7 Å². The van der Waals surface area contributed by atoms with Gasteiger partial charge in [0.15, 0.2) is 6.61 Å². The molecule has 1 saturated heterocycles. The van der Waals surface area contributed by atoms with Crippen molar-refractivity contribution in [3.05, 3.63) is 92.4 Å². The summed E-state index contributed by atoms with van der Waals surface area (Å²) in [5, 5.41) is 5.32. The molecule has 0 spiro atoms. The van der Waals surface area contributed by atoms with Crippen LogP contribution in [-0.4, -0.2) is 30.4 Å². The van der Waals surface area contributed by atoms with E-state index in [9.17, 15) is 19.2 Å². The fraction of sp³-hybridized carbons (Fsp3) is 0.111. The number of aryl methyl sites for hydroxylation is 2. The normalized spacial score (nSPS) is 14.5. The summed E-state index contributed by atoms with van der Waals surface area (Å²) >= 11 is 9.39. The van der Waals surface area contributed by atoms with Crippen LogP contribution in [0, 0.1) is 13.8 Å². The van der Waals surface area contributed by atoms with E-state index in [1.54, 1.807) is 30.3 Å². The Kier molecular flexibility index (Phi) is 7.75. The Morgan fingerprint density at radius 1 is 1.08 bits per heavy atom. The maximum Gasteiger partial charge on any atom is 0.335 e. The van der Waals surface area contributed by atoms with Gasteiger partial charge in [0.2, 0.25) is 0 Å². The number of urea groups is 1. The monoisotopic (exact) mass is 581 g/mol. The molecule has 1 aliphatic rings. The highest BCUT2D eigenvalue weighted by atomic mass is 79.9. The number of amides is 5. The first kappa shape index (κ1) is 26.1. The number of anilines is 2. The number of carbonyl (C=O) groups is 4. The van der Waals surface area contributed by atoms with Gasteiger partial charge in [0.05, 0.1) is 10.2 Å². The van der Waals surface area contributed by atoms with E-state index in [1.807, 2.05) is 32.0 Å². The molecule has 4 rings (SSSR count). The van der Waals surface area contributed by atoms with Crippen molar-refractivity contribution < 1.29 is 23.9 Å². The van der Waals surface area contributed by atoms with Gasteiger partial charge in [-0.1, -0.05) is 41.4 Å². The van der Waals surface area contributed by atoms with Crippen molar-refractivity contribution >= 4 is 68.7 Å². The molecule has 5 amide bonds. The van der Waals surface area contributed by atoms with Crippen molar-refractivity contribution in [1.82, 2.24) is 5.32 Å². The SMILES string of the molecule is Cc1ccc(NC(=O)COc2ccc(/C=C3\C(=O)NC(=O)N(c4cccc(Cl)c4)C3=O)cc2Br)c(C)c1.